The van der Waals surface area contributed by atoms with Crippen LogP contribution < -0.4 is 22.5 Å². The number of rotatable bonds is 2. The molecule has 6 nitrogen and oxygen atoms in total. The number of nitrogens with two attached hydrogens (primary N) is 3. The van der Waals surface area contributed by atoms with Crippen LogP contribution in [0.2, 0.25) is 0 Å². The minimum atomic E-state index is -0.833. The Morgan fingerprint density at radius 1 is 0.850 bits per heavy atom. The van der Waals surface area contributed by atoms with E-state index in [1.54, 1.807) is 0 Å². The minimum Gasteiger partial charge on any atom is -0.369 e. The van der Waals surface area contributed by atoms with Gasteiger partial charge in [0.1, 0.15) is 0 Å². The number of hydrogen-bond donors (Lipinski definition) is 4. The maximum absolute atomic E-state index is 9.00. The molecule has 0 unspecified atom stereocenters. The average Bonchev–Trinajstić information content (AvgIpc) is 2.40. The summed E-state index contributed by atoms with van der Waals surface area (Å²) in [5, 5.41) is 3.02. The first-order valence-corrected chi connectivity index (χ1v) is 5.84. The summed E-state index contributed by atoms with van der Waals surface area (Å²) < 4.78 is 0. The summed E-state index contributed by atoms with van der Waals surface area (Å²) in [6.45, 7) is 0. The van der Waals surface area contributed by atoms with Gasteiger partial charge in [-0.3, -0.25) is 0 Å². The second kappa shape index (κ2) is 8.15. The molecule has 7 N–H and O–H groups in total. The fraction of sp³-hybridized carbons (Fsp3) is 0. The molecule has 0 spiro atoms. The monoisotopic (exact) mass is 271 g/mol. The van der Waals surface area contributed by atoms with E-state index in [9.17, 15) is 0 Å². The minimum absolute atomic E-state index is 0.386. The fourth-order valence-electron chi connectivity index (χ4n) is 1.34. The normalized spacial score (nSPS) is 10.1. The van der Waals surface area contributed by atoms with E-state index in [2.05, 4.69) is 21.8 Å². The number of primary amides is 2. The summed E-state index contributed by atoms with van der Waals surface area (Å²) in [5.41, 5.74) is 16.0. The van der Waals surface area contributed by atoms with E-state index in [4.69, 9.17) is 10.5 Å². The molecule has 0 saturated carbocycles. The quantitative estimate of drug-likeness (QED) is 0.492. The van der Waals surface area contributed by atoms with Gasteiger partial charge in [-0.2, -0.15) is 0 Å². The highest BCUT2D eigenvalue weighted by atomic mass is 16.2. The Morgan fingerprint density at radius 3 is 1.80 bits per heavy atom. The average molecular weight is 271 g/mol. The highest BCUT2D eigenvalue weighted by Crippen LogP contribution is 2.10. The number of nitrogens with one attached hydrogen (secondary N) is 1. The molecule has 0 fully saturated rings. The number of carbonyl (C=O) groups excluding carboxylic acids is 1. The van der Waals surface area contributed by atoms with Gasteiger partial charge in [-0.1, -0.05) is 36.4 Å². The first-order chi connectivity index (χ1) is 9.58. The second-order valence-electron chi connectivity index (χ2n) is 3.73. The van der Waals surface area contributed by atoms with Crippen molar-refractivity contribution in [1.29, 1.82) is 0 Å². The molecule has 0 aliphatic carbocycles. The van der Waals surface area contributed by atoms with Gasteiger partial charge in [0, 0.05) is 5.69 Å². The molecule has 0 heterocycles. The van der Waals surface area contributed by atoms with Crippen LogP contribution in [0.5, 0.6) is 0 Å². The number of hydrogen-bond acceptors (Lipinski definition) is 2. The van der Waals surface area contributed by atoms with Gasteiger partial charge < -0.3 is 22.5 Å². The zero-order chi connectivity index (χ0) is 14.8. The fourth-order valence-corrected chi connectivity index (χ4v) is 1.34. The van der Waals surface area contributed by atoms with Gasteiger partial charge in [-0.15, -0.1) is 0 Å². The molecule has 104 valence electrons. The molecule has 6 heteroatoms. The number of urea groups is 1. The van der Waals surface area contributed by atoms with Crippen molar-refractivity contribution in [3.05, 3.63) is 60.7 Å². The van der Waals surface area contributed by atoms with Crippen LogP contribution in [0.4, 0.5) is 16.2 Å². The molecule has 0 bridgehead atoms. The number of nitrogens with zero attached hydrogens (tertiary/aromatic N) is 1. The van der Waals surface area contributed by atoms with E-state index in [1.165, 1.54) is 0 Å². The lowest BCUT2D eigenvalue weighted by Crippen LogP contribution is -2.21. The third-order valence-electron chi connectivity index (χ3n) is 2.05. The zero-order valence-electron chi connectivity index (χ0n) is 10.9. The predicted molar refractivity (Wildman–Crippen MR) is 81.6 cm³/mol. The SMILES string of the molecule is NC(=Nc1ccccc1)Nc1ccccc1.NC(N)=O. The van der Waals surface area contributed by atoms with Gasteiger partial charge in [-0.25, -0.2) is 9.79 Å². The van der Waals surface area contributed by atoms with Gasteiger partial charge in [-0.05, 0) is 24.3 Å². The summed E-state index contributed by atoms with van der Waals surface area (Å²) in [7, 11) is 0. The van der Waals surface area contributed by atoms with E-state index in [-0.39, 0.29) is 0 Å². The molecule has 0 saturated heterocycles. The number of aliphatic imine (C=N–C) groups is 1. The van der Waals surface area contributed by atoms with Crippen molar-refractivity contribution in [1.82, 2.24) is 0 Å². The zero-order valence-corrected chi connectivity index (χ0v) is 10.9. The predicted octanol–water partition coefficient (Wildman–Crippen LogP) is 1.77. The lowest BCUT2D eigenvalue weighted by molar-refractivity contribution is 0.256. The summed E-state index contributed by atoms with van der Waals surface area (Å²) in [4.78, 5) is 13.2. The second-order valence-corrected chi connectivity index (χ2v) is 3.73. The third-order valence-corrected chi connectivity index (χ3v) is 2.05. The number of amides is 2. The van der Waals surface area contributed by atoms with Gasteiger partial charge >= 0.3 is 6.03 Å². The molecule has 0 radical (unpaired) electrons. The number of guanidine groups is 1. The van der Waals surface area contributed by atoms with Crippen molar-refractivity contribution >= 4 is 23.4 Å². The van der Waals surface area contributed by atoms with Crippen LogP contribution in [-0.4, -0.2) is 12.0 Å². The Morgan fingerprint density at radius 2 is 1.30 bits per heavy atom. The van der Waals surface area contributed by atoms with Crippen LogP contribution >= 0.6 is 0 Å². The van der Waals surface area contributed by atoms with Gasteiger partial charge in [0.25, 0.3) is 0 Å². The van der Waals surface area contributed by atoms with Crippen molar-refractivity contribution in [3.8, 4) is 0 Å². The molecule has 0 aromatic heterocycles. The summed E-state index contributed by atoms with van der Waals surface area (Å²) in [6, 6.07) is 18.5. The lowest BCUT2D eigenvalue weighted by Gasteiger charge is -2.04. The van der Waals surface area contributed by atoms with Crippen LogP contribution in [0.15, 0.2) is 65.7 Å². The van der Waals surface area contributed by atoms with E-state index < -0.39 is 6.03 Å². The molecule has 2 aromatic rings. The third kappa shape index (κ3) is 6.65. The smallest absolute Gasteiger partial charge is 0.309 e. The van der Waals surface area contributed by atoms with E-state index in [0.29, 0.717) is 5.96 Å². The molecule has 0 aliphatic heterocycles. The Hall–Kier alpha value is -3.02. The Bertz CT molecular complexity index is 550. The lowest BCUT2D eigenvalue weighted by atomic mass is 10.3. The molecule has 0 aliphatic rings. The van der Waals surface area contributed by atoms with Crippen LogP contribution in [0.3, 0.4) is 0 Å². The topological polar surface area (TPSA) is 120 Å². The first-order valence-electron chi connectivity index (χ1n) is 5.84. The van der Waals surface area contributed by atoms with Crippen molar-refractivity contribution < 1.29 is 4.79 Å². The molecule has 0 atom stereocenters. The Kier molecular flexibility index (Phi) is 6.13. The molecule has 2 rings (SSSR count). The van der Waals surface area contributed by atoms with Gasteiger partial charge in [0.2, 0.25) is 0 Å². The largest absolute Gasteiger partial charge is 0.369 e. The Labute approximate surface area is 117 Å². The van der Waals surface area contributed by atoms with Crippen LogP contribution in [0.25, 0.3) is 0 Å². The van der Waals surface area contributed by atoms with Crippen molar-refractivity contribution in [2.75, 3.05) is 5.32 Å². The maximum atomic E-state index is 9.00. The van der Waals surface area contributed by atoms with Gasteiger partial charge in [0.15, 0.2) is 5.96 Å². The van der Waals surface area contributed by atoms with E-state index in [1.807, 2.05) is 60.7 Å². The highest BCUT2D eigenvalue weighted by molar-refractivity contribution is 5.93. The van der Waals surface area contributed by atoms with E-state index >= 15 is 0 Å². The molecule has 2 aromatic carbocycles. The molecular weight excluding hydrogens is 254 g/mol. The highest BCUT2D eigenvalue weighted by Gasteiger charge is 1.93. The summed E-state index contributed by atoms with van der Waals surface area (Å²) in [5.74, 6) is 0.386. The molecule has 20 heavy (non-hydrogen) atoms. The molecule has 2 amide bonds. The van der Waals surface area contributed by atoms with Crippen LogP contribution in [0.1, 0.15) is 0 Å². The number of anilines is 1. The first kappa shape index (κ1) is 15.0. The van der Waals surface area contributed by atoms with Crippen LogP contribution in [-0.2, 0) is 0 Å². The standard InChI is InChI=1S/C13H13N3.CH4N2O/c14-13(15-11-7-3-1-4-8-11)16-12-9-5-2-6-10-12;2-1(3)4/h1-10H,(H3,14,15,16);(H4,2,3,4). The van der Waals surface area contributed by atoms with Crippen molar-refractivity contribution in [2.24, 2.45) is 22.2 Å². The van der Waals surface area contributed by atoms with Crippen molar-refractivity contribution in [2.45, 2.75) is 0 Å². The number of para-hydroxylation sites is 2. The number of benzene rings is 2. The summed E-state index contributed by atoms with van der Waals surface area (Å²) >= 11 is 0. The van der Waals surface area contributed by atoms with Gasteiger partial charge in [0.05, 0.1) is 5.69 Å². The molecular formula is C14H17N5O. The van der Waals surface area contributed by atoms with E-state index in [0.717, 1.165) is 11.4 Å². The van der Waals surface area contributed by atoms with Crippen LogP contribution in [0, 0.1) is 0 Å². The summed E-state index contributed by atoms with van der Waals surface area (Å²) in [6.07, 6.45) is 0. The van der Waals surface area contributed by atoms with Crippen molar-refractivity contribution in [3.63, 3.8) is 0 Å². The maximum Gasteiger partial charge on any atom is 0.309 e. The number of carbonyl (C=O) groups is 1. The Balaban J connectivity index is 0.000000444.